The molecule has 2 aliphatic heterocycles. The quantitative estimate of drug-likeness (QED) is 0.290. The van der Waals surface area contributed by atoms with Gasteiger partial charge in [0, 0.05) is 54.8 Å². The van der Waals surface area contributed by atoms with Crippen molar-refractivity contribution < 1.29 is 23.5 Å². The van der Waals surface area contributed by atoms with Gasteiger partial charge in [0.2, 0.25) is 17.8 Å². The van der Waals surface area contributed by atoms with E-state index < -0.39 is 34.6 Å². The third kappa shape index (κ3) is 4.99. The van der Waals surface area contributed by atoms with Crippen LogP contribution in [0.25, 0.3) is 22.0 Å². The number of carbonyl (C=O) groups is 2. The molecular weight excluding hydrogens is 564 g/mol. The van der Waals surface area contributed by atoms with E-state index in [1.54, 1.807) is 35.3 Å². The van der Waals surface area contributed by atoms with Crippen LogP contribution in [0.2, 0.25) is 0 Å². The van der Waals surface area contributed by atoms with Crippen LogP contribution in [0.1, 0.15) is 74.6 Å². The van der Waals surface area contributed by atoms with Crippen molar-refractivity contribution in [2.24, 2.45) is 5.41 Å². The summed E-state index contributed by atoms with van der Waals surface area (Å²) in [6.07, 6.45) is 6.31. The Labute approximate surface area is 254 Å². The van der Waals surface area contributed by atoms with Crippen LogP contribution in [-0.4, -0.2) is 49.7 Å². The fourth-order valence-electron chi connectivity index (χ4n) is 6.90. The Morgan fingerprint density at radius 2 is 1.84 bits per heavy atom. The number of aliphatic hydroxyl groups is 1. The molecule has 1 aliphatic carbocycles. The third-order valence-electron chi connectivity index (χ3n) is 9.71. The van der Waals surface area contributed by atoms with Crippen molar-refractivity contribution >= 4 is 22.7 Å². The van der Waals surface area contributed by atoms with Crippen LogP contribution in [0.3, 0.4) is 0 Å². The van der Waals surface area contributed by atoms with Gasteiger partial charge in [-0.05, 0) is 54.5 Å². The molecule has 2 aromatic heterocycles. The zero-order chi connectivity index (χ0) is 30.8. The molecule has 2 N–H and O–H groups in total. The highest BCUT2D eigenvalue weighted by Crippen LogP contribution is 2.48. The van der Waals surface area contributed by atoms with Crippen molar-refractivity contribution in [2.45, 2.75) is 70.1 Å². The Kier molecular flexibility index (Phi) is 6.89. The van der Waals surface area contributed by atoms with Gasteiger partial charge >= 0.3 is 0 Å². The Hall–Kier alpha value is -4.02. The number of fused-ring (bicyclic) bond motifs is 1. The minimum absolute atomic E-state index is 0.218. The molecule has 7 rings (SSSR count). The number of rotatable bonds is 6. The van der Waals surface area contributed by atoms with Gasteiger partial charge in [0.05, 0.1) is 28.6 Å². The number of piperidine rings is 2. The molecule has 2 atom stereocenters. The average molecular weight is 600 g/mol. The number of nitrogens with zero attached hydrogens (tertiary/aromatic N) is 4. The highest BCUT2D eigenvalue weighted by atomic mass is 19.1. The lowest BCUT2D eigenvalue weighted by atomic mass is 9.66. The summed E-state index contributed by atoms with van der Waals surface area (Å²) < 4.78 is 32.5. The van der Waals surface area contributed by atoms with E-state index in [0.717, 1.165) is 24.0 Å². The molecule has 2 aromatic carbocycles. The standard InChI is InChI=1S/C34H35F2N5O3/c1-33(2)19-40(17-20-3-5-21(6-4-20)26-18-41(23-7-8-23)39-31(26)36)14-13-34(33,44)27-10-11-28-25(30(27)35)15-22(16-37-28)24-9-12-29(42)38-32(24)43/h3-6,10-11,15-16,18,23-24,44H,7-9,12-14,17,19H2,1-2H3,(H,38,42,43)/t24?,34-/m0/s1. The van der Waals surface area contributed by atoms with Crippen molar-refractivity contribution in [2.75, 3.05) is 13.1 Å². The number of hydrogen-bond donors (Lipinski definition) is 2. The van der Waals surface area contributed by atoms with E-state index in [9.17, 15) is 19.1 Å². The van der Waals surface area contributed by atoms with Crippen LogP contribution >= 0.6 is 0 Å². The SMILES string of the molecule is CC1(C)CN(Cc2ccc(-c3cn(C4CC4)nc3F)cc2)CC[C@]1(O)c1ccc2ncc(C3CCC(=O)NC3=O)cc2c1F. The minimum Gasteiger partial charge on any atom is -0.384 e. The predicted molar refractivity (Wildman–Crippen MR) is 160 cm³/mol. The number of hydrogen-bond acceptors (Lipinski definition) is 6. The van der Waals surface area contributed by atoms with Crippen molar-refractivity contribution in [1.29, 1.82) is 0 Å². The van der Waals surface area contributed by atoms with Crippen molar-refractivity contribution in [3.8, 4) is 11.1 Å². The van der Waals surface area contributed by atoms with Gasteiger partial charge in [-0.15, -0.1) is 5.10 Å². The van der Waals surface area contributed by atoms with E-state index in [4.69, 9.17) is 0 Å². The van der Waals surface area contributed by atoms with Gasteiger partial charge in [0.15, 0.2) is 0 Å². The average Bonchev–Trinajstić information content (AvgIpc) is 3.77. The molecule has 0 spiro atoms. The van der Waals surface area contributed by atoms with E-state index in [2.05, 4.69) is 20.3 Å². The number of aromatic nitrogens is 3. The highest BCUT2D eigenvalue weighted by molar-refractivity contribution is 6.01. The molecule has 2 amide bonds. The molecule has 4 aromatic rings. The summed E-state index contributed by atoms with van der Waals surface area (Å²) in [6.45, 7) is 5.62. The Bertz CT molecular complexity index is 1780. The lowest BCUT2D eigenvalue weighted by Gasteiger charge is -2.50. The largest absolute Gasteiger partial charge is 0.384 e. The predicted octanol–water partition coefficient (Wildman–Crippen LogP) is 5.35. The smallest absolute Gasteiger partial charge is 0.240 e. The summed E-state index contributed by atoms with van der Waals surface area (Å²) in [4.78, 5) is 30.7. The maximum absolute atomic E-state index is 16.2. The zero-order valence-electron chi connectivity index (χ0n) is 24.8. The van der Waals surface area contributed by atoms with Crippen LogP contribution < -0.4 is 5.32 Å². The number of benzene rings is 2. The second-order valence-electron chi connectivity index (χ2n) is 13.2. The summed E-state index contributed by atoms with van der Waals surface area (Å²) in [5.74, 6) is -2.29. The van der Waals surface area contributed by atoms with Crippen LogP contribution in [0.5, 0.6) is 0 Å². The summed E-state index contributed by atoms with van der Waals surface area (Å²) in [6, 6.07) is 13.1. The van der Waals surface area contributed by atoms with E-state index in [1.165, 1.54) is 0 Å². The van der Waals surface area contributed by atoms with Gasteiger partial charge in [0.1, 0.15) is 5.82 Å². The maximum Gasteiger partial charge on any atom is 0.240 e. The number of imide groups is 1. The fourth-order valence-corrected chi connectivity index (χ4v) is 6.90. The number of carbonyl (C=O) groups excluding carboxylic acids is 2. The van der Waals surface area contributed by atoms with Crippen LogP contribution in [0.4, 0.5) is 8.78 Å². The zero-order valence-corrected chi connectivity index (χ0v) is 24.8. The van der Waals surface area contributed by atoms with Crippen molar-refractivity contribution in [3.05, 3.63) is 83.3 Å². The van der Waals surface area contributed by atoms with E-state index >= 15 is 4.39 Å². The molecule has 10 heteroatoms. The number of pyridine rings is 1. The Balaban J connectivity index is 1.09. The van der Waals surface area contributed by atoms with E-state index in [0.29, 0.717) is 55.2 Å². The second kappa shape index (κ2) is 10.6. The van der Waals surface area contributed by atoms with Crippen molar-refractivity contribution in [3.63, 3.8) is 0 Å². The molecule has 44 heavy (non-hydrogen) atoms. The lowest BCUT2D eigenvalue weighted by molar-refractivity contribution is -0.134. The van der Waals surface area contributed by atoms with Gasteiger partial charge in [-0.1, -0.05) is 44.2 Å². The Morgan fingerprint density at radius 1 is 1.07 bits per heavy atom. The van der Waals surface area contributed by atoms with Gasteiger partial charge in [-0.3, -0.25) is 29.5 Å². The van der Waals surface area contributed by atoms with Crippen LogP contribution in [0, 0.1) is 17.2 Å². The normalized spacial score (nSPS) is 24.1. The van der Waals surface area contributed by atoms with Crippen LogP contribution in [-0.2, 0) is 21.7 Å². The first-order valence-electron chi connectivity index (χ1n) is 15.2. The van der Waals surface area contributed by atoms with Gasteiger partial charge < -0.3 is 5.11 Å². The molecule has 0 radical (unpaired) electrons. The number of likely N-dealkylation sites (tertiary alicyclic amines) is 1. The monoisotopic (exact) mass is 599 g/mol. The van der Waals surface area contributed by atoms with Gasteiger partial charge in [-0.2, -0.15) is 4.39 Å². The van der Waals surface area contributed by atoms with Crippen LogP contribution in [0.15, 0.2) is 54.9 Å². The number of nitrogens with one attached hydrogen (secondary N) is 1. The molecule has 1 saturated carbocycles. The lowest BCUT2D eigenvalue weighted by Crippen LogP contribution is -2.55. The molecule has 228 valence electrons. The molecule has 4 heterocycles. The topological polar surface area (TPSA) is 100 Å². The summed E-state index contributed by atoms with van der Waals surface area (Å²) in [5, 5.41) is 18.7. The molecular formula is C34H35F2N5O3. The molecule has 8 nitrogen and oxygen atoms in total. The first-order valence-corrected chi connectivity index (χ1v) is 15.2. The number of halogens is 2. The van der Waals surface area contributed by atoms with E-state index in [1.807, 2.05) is 38.1 Å². The maximum atomic E-state index is 16.2. The molecule has 3 aliphatic rings. The minimum atomic E-state index is -1.44. The van der Waals surface area contributed by atoms with Crippen molar-refractivity contribution in [1.82, 2.24) is 25.0 Å². The molecule has 0 bridgehead atoms. The highest BCUT2D eigenvalue weighted by Gasteiger charge is 2.50. The Morgan fingerprint density at radius 3 is 2.55 bits per heavy atom. The molecule has 3 fully saturated rings. The summed E-state index contributed by atoms with van der Waals surface area (Å²) in [5.41, 5.74) is 1.42. The van der Waals surface area contributed by atoms with E-state index in [-0.39, 0.29) is 23.3 Å². The second-order valence-corrected chi connectivity index (χ2v) is 13.2. The van der Waals surface area contributed by atoms with Gasteiger partial charge in [0.25, 0.3) is 0 Å². The van der Waals surface area contributed by atoms with Gasteiger partial charge in [-0.25, -0.2) is 4.39 Å². The molecule has 2 saturated heterocycles. The first-order chi connectivity index (χ1) is 21.0. The molecule has 1 unspecified atom stereocenters. The fraction of sp³-hybridized carbons (Fsp3) is 0.412. The number of amides is 2. The summed E-state index contributed by atoms with van der Waals surface area (Å²) in [7, 11) is 0. The third-order valence-corrected chi connectivity index (χ3v) is 9.71. The first kappa shape index (κ1) is 28.7. The summed E-state index contributed by atoms with van der Waals surface area (Å²) >= 11 is 0.